The molecule has 2 atom stereocenters. The summed E-state index contributed by atoms with van der Waals surface area (Å²) in [5, 5.41) is 0. The smallest absolute Gasteiger partial charge is 0.306 e. The first kappa shape index (κ1) is 70.4. The third kappa shape index (κ3) is 57.7. The third-order valence-electron chi connectivity index (χ3n) is 15.5. The van der Waals surface area contributed by atoms with E-state index in [0.29, 0.717) is 19.3 Å². The number of ether oxygens (including phenoxy) is 3. The van der Waals surface area contributed by atoms with Gasteiger partial charge in [0.05, 0.1) is 0 Å². The molecule has 0 aromatic carbocycles. The van der Waals surface area contributed by atoms with E-state index in [9.17, 15) is 14.4 Å². The number of unbranched alkanes of at least 4 members (excludes halogenated alkanes) is 41. The topological polar surface area (TPSA) is 78.9 Å². The largest absolute Gasteiger partial charge is 0.462 e. The van der Waals surface area contributed by atoms with E-state index in [-0.39, 0.29) is 31.1 Å². The lowest BCUT2D eigenvalue weighted by molar-refractivity contribution is -0.167. The second-order valence-corrected chi connectivity index (χ2v) is 24.0. The van der Waals surface area contributed by atoms with E-state index in [2.05, 4.69) is 41.5 Å². The molecule has 0 spiro atoms. The van der Waals surface area contributed by atoms with Gasteiger partial charge in [0.15, 0.2) is 6.10 Å². The molecule has 0 rings (SSSR count). The van der Waals surface area contributed by atoms with Crippen LogP contribution in [0.15, 0.2) is 0 Å². The summed E-state index contributed by atoms with van der Waals surface area (Å²) < 4.78 is 17.0. The molecular weight excluding hydrogens is 889 g/mol. The molecule has 0 amide bonds. The lowest BCUT2D eigenvalue weighted by Gasteiger charge is -2.18. The molecule has 0 radical (unpaired) electrons. The van der Waals surface area contributed by atoms with Crippen LogP contribution < -0.4 is 0 Å². The zero-order valence-corrected chi connectivity index (χ0v) is 49.7. The van der Waals surface area contributed by atoms with Crippen molar-refractivity contribution >= 4 is 17.9 Å². The molecule has 72 heavy (non-hydrogen) atoms. The van der Waals surface area contributed by atoms with Crippen molar-refractivity contribution in [1.29, 1.82) is 0 Å². The minimum atomic E-state index is -0.765. The number of carbonyl (C=O) groups excluding carboxylic acids is 3. The zero-order valence-electron chi connectivity index (χ0n) is 49.7. The molecule has 0 saturated carbocycles. The van der Waals surface area contributed by atoms with Crippen LogP contribution in [0.5, 0.6) is 0 Å². The molecule has 0 N–H and O–H groups in total. The molecule has 0 aliphatic heterocycles. The summed E-state index contributed by atoms with van der Waals surface area (Å²) in [6.45, 7) is 13.8. The predicted octanol–water partition coefficient (Wildman–Crippen LogP) is 21.8. The van der Waals surface area contributed by atoms with Crippen molar-refractivity contribution in [2.45, 2.75) is 375 Å². The highest BCUT2D eigenvalue weighted by Crippen LogP contribution is 2.20. The zero-order chi connectivity index (χ0) is 52.6. The number of hydrogen-bond donors (Lipinski definition) is 0. The van der Waals surface area contributed by atoms with Gasteiger partial charge in [0.25, 0.3) is 0 Å². The molecule has 0 aromatic heterocycles. The molecule has 6 heteroatoms. The van der Waals surface area contributed by atoms with E-state index in [0.717, 1.165) is 75.5 Å². The van der Waals surface area contributed by atoms with Crippen LogP contribution in [0.1, 0.15) is 369 Å². The maximum absolute atomic E-state index is 12.9. The van der Waals surface area contributed by atoms with Crippen molar-refractivity contribution in [2.75, 3.05) is 13.2 Å². The van der Waals surface area contributed by atoms with E-state index in [4.69, 9.17) is 14.2 Å². The molecule has 0 aliphatic rings. The molecular formula is C66H128O6. The number of carbonyl (C=O) groups is 3. The van der Waals surface area contributed by atoms with Gasteiger partial charge in [-0.05, 0) is 37.0 Å². The second-order valence-electron chi connectivity index (χ2n) is 24.0. The molecule has 1 unspecified atom stereocenters. The Morgan fingerprint density at radius 3 is 0.722 bits per heavy atom. The molecule has 6 nitrogen and oxygen atoms in total. The Morgan fingerprint density at radius 2 is 0.486 bits per heavy atom. The summed E-state index contributed by atoms with van der Waals surface area (Å²) in [6.07, 6.45) is 62.4. The fourth-order valence-corrected chi connectivity index (χ4v) is 10.2. The summed E-state index contributed by atoms with van der Waals surface area (Å²) in [5.41, 5.74) is 0. The van der Waals surface area contributed by atoms with Gasteiger partial charge in [-0.15, -0.1) is 0 Å². The van der Waals surface area contributed by atoms with Gasteiger partial charge in [-0.2, -0.15) is 0 Å². The monoisotopic (exact) mass is 1020 g/mol. The first-order valence-electron chi connectivity index (χ1n) is 32.6. The maximum atomic E-state index is 12.9. The lowest BCUT2D eigenvalue weighted by Crippen LogP contribution is -2.30. The summed E-state index contributed by atoms with van der Waals surface area (Å²) in [5.74, 6) is 1.75. The van der Waals surface area contributed by atoms with Gasteiger partial charge in [0, 0.05) is 19.3 Å². The standard InChI is InChI=1S/C66H128O6/c1-7-62(6)54-48-42-36-30-26-27-32-38-44-50-56-65(68)71-59-63(58-70-64(67)55-49-43-37-31-24-20-16-13-12-15-19-23-29-35-41-47-53-61(4)5)72-66(69)57-51-45-39-33-25-21-17-11-9-8-10-14-18-22-28-34-40-46-52-60(2)3/h60-63H,7-59H2,1-6H3/t62?,63-/m0/s1. The molecule has 0 aliphatic carbocycles. The van der Waals surface area contributed by atoms with Crippen LogP contribution >= 0.6 is 0 Å². The predicted molar refractivity (Wildman–Crippen MR) is 312 cm³/mol. The van der Waals surface area contributed by atoms with E-state index in [1.54, 1.807) is 0 Å². The van der Waals surface area contributed by atoms with Crippen molar-refractivity contribution < 1.29 is 28.6 Å². The number of hydrogen-bond acceptors (Lipinski definition) is 6. The second kappa shape index (κ2) is 57.1. The van der Waals surface area contributed by atoms with Crippen molar-refractivity contribution in [3.8, 4) is 0 Å². The van der Waals surface area contributed by atoms with Crippen molar-refractivity contribution in [1.82, 2.24) is 0 Å². The van der Waals surface area contributed by atoms with E-state index in [1.165, 1.54) is 250 Å². The van der Waals surface area contributed by atoms with Gasteiger partial charge in [0.2, 0.25) is 0 Å². The molecule has 0 saturated heterocycles. The Kier molecular flexibility index (Phi) is 55.9. The van der Waals surface area contributed by atoms with Crippen molar-refractivity contribution in [3.05, 3.63) is 0 Å². The van der Waals surface area contributed by atoms with Gasteiger partial charge >= 0.3 is 17.9 Å². The van der Waals surface area contributed by atoms with Gasteiger partial charge in [0.1, 0.15) is 13.2 Å². The normalized spacial score (nSPS) is 12.5. The van der Waals surface area contributed by atoms with E-state index < -0.39 is 6.10 Å². The minimum Gasteiger partial charge on any atom is -0.462 e. The molecule has 0 fully saturated rings. The van der Waals surface area contributed by atoms with Crippen LogP contribution in [0.3, 0.4) is 0 Å². The van der Waals surface area contributed by atoms with Crippen molar-refractivity contribution in [3.63, 3.8) is 0 Å². The Bertz CT molecular complexity index is 1120. The van der Waals surface area contributed by atoms with Gasteiger partial charge < -0.3 is 14.2 Å². The number of esters is 3. The Hall–Kier alpha value is -1.59. The highest BCUT2D eigenvalue weighted by Gasteiger charge is 2.19. The summed E-state index contributed by atoms with van der Waals surface area (Å²) in [6, 6.07) is 0. The van der Waals surface area contributed by atoms with Crippen LogP contribution in [0.2, 0.25) is 0 Å². The van der Waals surface area contributed by atoms with Crippen LogP contribution in [-0.2, 0) is 28.6 Å². The van der Waals surface area contributed by atoms with Crippen LogP contribution in [0.4, 0.5) is 0 Å². The van der Waals surface area contributed by atoms with E-state index in [1.807, 2.05) is 0 Å². The van der Waals surface area contributed by atoms with Gasteiger partial charge in [-0.25, -0.2) is 0 Å². The van der Waals surface area contributed by atoms with Gasteiger partial charge in [-0.1, -0.05) is 330 Å². The van der Waals surface area contributed by atoms with Crippen LogP contribution in [-0.4, -0.2) is 37.2 Å². The molecule has 0 heterocycles. The lowest BCUT2D eigenvalue weighted by atomic mass is 9.99. The Morgan fingerprint density at radius 1 is 0.278 bits per heavy atom. The number of rotatable bonds is 59. The average Bonchev–Trinajstić information content (AvgIpc) is 3.36. The maximum Gasteiger partial charge on any atom is 0.306 e. The molecule has 0 bridgehead atoms. The van der Waals surface area contributed by atoms with Gasteiger partial charge in [-0.3, -0.25) is 14.4 Å². The summed E-state index contributed by atoms with van der Waals surface area (Å²) in [4.78, 5) is 38.3. The average molecular weight is 1020 g/mol. The van der Waals surface area contributed by atoms with E-state index >= 15 is 0 Å². The minimum absolute atomic E-state index is 0.0626. The fourth-order valence-electron chi connectivity index (χ4n) is 10.2. The molecule has 0 aromatic rings. The van der Waals surface area contributed by atoms with Crippen molar-refractivity contribution in [2.24, 2.45) is 17.8 Å². The quantitative estimate of drug-likeness (QED) is 0.0343. The highest BCUT2D eigenvalue weighted by atomic mass is 16.6. The summed E-state index contributed by atoms with van der Waals surface area (Å²) in [7, 11) is 0. The first-order chi connectivity index (χ1) is 35.1. The SMILES string of the molecule is CCC(C)CCCCCCCCCCCCC(=O)OC[C@H](COC(=O)CCCCCCCCCCCCCCCCCCC(C)C)OC(=O)CCCCCCCCCCCCCCCCCCCCC(C)C. The first-order valence-corrected chi connectivity index (χ1v) is 32.6. The van der Waals surface area contributed by atoms with Crippen LogP contribution in [0, 0.1) is 17.8 Å². The fraction of sp³-hybridized carbons (Fsp3) is 0.955. The molecule has 428 valence electrons. The third-order valence-corrected chi connectivity index (χ3v) is 15.5. The Labute approximate surface area is 450 Å². The summed E-state index contributed by atoms with van der Waals surface area (Å²) >= 11 is 0. The van der Waals surface area contributed by atoms with Crippen LogP contribution in [0.25, 0.3) is 0 Å². The highest BCUT2D eigenvalue weighted by molar-refractivity contribution is 5.71. The Balaban J connectivity index is 4.27.